The summed E-state index contributed by atoms with van der Waals surface area (Å²) in [5, 5.41) is 0. The van der Waals surface area contributed by atoms with Crippen molar-refractivity contribution < 1.29 is 17.2 Å². The SMILES string of the molecule is C[C@@H]1[C@@H](C)CCC[C@H]1NS(=O)(=O)c1c(F)cccc1F. The van der Waals surface area contributed by atoms with Gasteiger partial charge in [-0.3, -0.25) is 0 Å². The molecule has 3 atom stereocenters. The molecule has 1 aromatic rings. The van der Waals surface area contributed by atoms with Crippen LogP contribution < -0.4 is 4.72 Å². The standard InChI is InChI=1S/C14H19F2NO2S/c1-9-5-3-8-13(10(9)2)17-20(18,19)14-11(15)6-4-7-12(14)16/h4,6-7,9-10,13,17H,3,5,8H2,1-2H3/t9-,10+,13+/m0/s1. The van der Waals surface area contributed by atoms with E-state index in [0.717, 1.165) is 31.0 Å². The minimum atomic E-state index is -4.18. The Morgan fingerprint density at radius 3 is 2.35 bits per heavy atom. The Balaban J connectivity index is 2.28. The number of hydrogen-bond donors (Lipinski definition) is 1. The summed E-state index contributed by atoms with van der Waals surface area (Å²) < 4.78 is 54.1. The lowest BCUT2D eigenvalue weighted by Gasteiger charge is -2.34. The molecule has 3 nitrogen and oxygen atoms in total. The van der Waals surface area contributed by atoms with E-state index in [2.05, 4.69) is 11.6 Å². The summed E-state index contributed by atoms with van der Waals surface area (Å²) in [6, 6.07) is 2.77. The summed E-state index contributed by atoms with van der Waals surface area (Å²) in [6.07, 6.45) is 2.66. The van der Waals surface area contributed by atoms with Crippen LogP contribution in [0.3, 0.4) is 0 Å². The van der Waals surface area contributed by atoms with E-state index in [-0.39, 0.29) is 12.0 Å². The molecule has 0 unspecified atom stereocenters. The molecule has 6 heteroatoms. The first kappa shape index (κ1) is 15.4. The highest BCUT2D eigenvalue weighted by Gasteiger charge is 2.33. The molecule has 1 aliphatic rings. The zero-order valence-corrected chi connectivity index (χ0v) is 12.4. The van der Waals surface area contributed by atoms with E-state index >= 15 is 0 Å². The fourth-order valence-electron chi connectivity index (χ4n) is 2.75. The Morgan fingerprint density at radius 2 is 1.75 bits per heavy atom. The predicted molar refractivity (Wildman–Crippen MR) is 72.6 cm³/mol. The highest BCUT2D eigenvalue weighted by Crippen LogP contribution is 2.31. The second-order valence-electron chi connectivity index (χ2n) is 5.55. The highest BCUT2D eigenvalue weighted by molar-refractivity contribution is 7.89. The summed E-state index contributed by atoms with van der Waals surface area (Å²) in [7, 11) is -4.18. The zero-order valence-electron chi connectivity index (χ0n) is 11.6. The van der Waals surface area contributed by atoms with Crippen molar-refractivity contribution >= 4 is 10.0 Å². The molecule has 0 aliphatic heterocycles. The van der Waals surface area contributed by atoms with Crippen molar-refractivity contribution in [2.24, 2.45) is 11.8 Å². The van der Waals surface area contributed by atoms with Gasteiger partial charge in [-0.2, -0.15) is 0 Å². The molecule has 0 aromatic heterocycles. The van der Waals surface area contributed by atoms with Gasteiger partial charge in [0.05, 0.1) is 0 Å². The van der Waals surface area contributed by atoms with Gasteiger partial charge in [-0.25, -0.2) is 21.9 Å². The number of rotatable bonds is 3. The van der Waals surface area contributed by atoms with E-state index in [1.54, 1.807) is 0 Å². The van der Waals surface area contributed by atoms with Crippen LogP contribution in [0.4, 0.5) is 8.78 Å². The van der Waals surface area contributed by atoms with Gasteiger partial charge in [0.1, 0.15) is 11.6 Å². The van der Waals surface area contributed by atoms with Gasteiger partial charge in [-0.15, -0.1) is 0 Å². The van der Waals surface area contributed by atoms with Crippen LogP contribution in [0.2, 0.25) is 0 Å². The van der Waals surface area contributed by atoms with Crippen LogP contribution in [0.25, 0.3) is 0 Å². The van der Waals surface area contributed by atoms with E-state index in [1.807, 2.05) is 6.92 Å². The highest BCUT2D eigenvalue weighted by atomic mass is 32.2. The van der Waals surface area contributed by atoms with Crippen LogP contribution >= 0.6 is 0 Å². The summed E-state index contributed by atoms with van der Waals surface area (Å²) in [5.74, 6) is -1.58. The summed E-state index contributed by atoms with van der Waals surface area (Å²) in [6.45, 7) is 4.03. The molecule has 0 spiro atoms. The third-order valence-electron chi connectivity index (χ3n) is 4.20. The van der Waals surface area contributed by atoms with Crippen molar-refractivity contribution in [2.45, 2.75) is 44.0 Å². The quantitative estimate of drug-likeness (QED) is 0.933. The molecule has 1 saturated carbocycles. The van der Waals surface area contributed by atoms with Crippen LogP contribution in [-0.4, -0.2) is 14.5 Å². The zero-order chi connectivity index (χ0) is 14.9. The number of sulfonamides is 1. The minimum Gasteiger partial charge on any atom is -0.208 e. The second kappa shape index (κ2) is 5.77. The lowest BCUT2D eigenvalue weighted by molar-refractivity contribution is 0.226. The van der Waals surface area contributed by atoms with E-state index in [4.69, 9.17) is 0 Å². The number of halogens is 2. The molecule has 1 aliphatic carbocycles. The van der Waals surface area contributed by atoms with Gasteiger partial charge < -0.3 is 0 Å². The smallest absolute Gasteiger partial charge is 0.208 e. The largest absolute Gasteiger partial charge is 0.246 e. The molecule has 0 heterocycles. The lowest BCUT2D eigenvalue weighted by atomic mass is 9.78. The van der Waals surface area contributed by atoms with Gasteiger partial charge >= 0.3 is 0 Å². The Hall–Kier alpha value is -1.01. The monoisotopic (exact) mass is 303 g/mol. The summed E-state index contributed by atoms with van der Waals surface area (Å²) >= 11 is 0. The maximum absolute atomic E-state index is 13.6. The maximum atomic E-state index is 13.6. The second-order valence-corrected chi connectivity index (χ2v) is 7.20. The first-order valence-electron chi connectivity index (χ1n) is 6.79. The summed E-state index contributed by atoms with van der Waals surface area (Å²) in [5.41, 5.74) is 0. The third kappa shape index (κ3) is 3.01. The van der Waals surface area contributed by atoms with E-state index < -0.39 is 26.6 Å². The van der Waals surface area contributed by atoms with Gasteiger partial charge in [0.15, 0.2) is 4.90 Å². The molecule has 0 bridgehead atoms. The minimum absolute atomic E-state index is 0.147. The van der Waals surface area contributed by atoms with Gasteiger partial charge in [0.25, 0.3) is 0 Å². The topological polar surface area (TPSA) is 46.2 Å². The molecule has 2 rings (SSSR count). The molecule has 0 saturated heterocycles. The number of hydrogen-bond acceptors (Lipinski definition) is 2. The van der Waals surface area contributed by atoms with Crippen LogP contribution in [0, 0.1) is 23.5 Å². The van der Waals surface area contributed by atoms with Crippen molar-refractivity contribution in [3.63, 3.8) is 0 Å². The third-order valence-corrected chi connectivity index (χ3v) is 5.74. The van der Waals surface area contributed by atoms with Crippen molar-refractivity contribution in [2.75, 3.05) is 0 Å². The average Bonchev–Trinajstić information content (AvgIpc) is 2.34. The predicted octanol–water partition coefficient (Wildman–Crippen LogP) is 3.07. The van der Waals surface area contributed by atoms with Gasteiger partial charge in [0.2, 0.25) is 10.0 Å². The molecule has 20 heavy (non-hydrogen) atoms. The van der Waals surface area contributed by atoms with E-state index in [9.17, 15) is 17.2 Å². The molecule has 112 valence electrons. The summed E-state index contributed by atoms with van der Waals surface area (Å²) in [4.78, 5) is -0.884. The molecule has 1 N–H and O–H groups in total. The van der Waals surface area contributed by atoms with Gasteiger partial charge in [-0.05, 0) is 30.4 Å². The Bertz CT molecular complexity index is 569. The Morgan fingerprint density at radius 1 is 1.15 bits per heavy atom. The fraction of sp³-hybridized carbons (Fsp3) is 0.571. The molecule has 0 amide bonds. The van der Waals surface area contributed by atoms with Crippen molar-refractivity contribution in [3.8, 4) is 0 Å². The average molecular weight is 303 g/mol. The van der Waals surface area contributed by atoms with Crippen LogP contribution in [0.15, 0.2) is 23.1 Å². The fourth-order valence-corrected chi connectivity index (χ4v) is 4.24. The Kier molecular flexibility index (Phi) is 4.44. The van der Waals surface area contributed by atoms with Crippen LogP contribution in [0.5, 0.6) is 0 Å². The molecular formula is C14H19F2NO2S. The number of benzene rings is 1. The van der Waals surface area contributed by atoms with Crippen LogP contribution in [0.1, 0.15) is 33.1 Å². The first-order valence-corrected chi connectivity index (χ1v) is 8.27. The first-order chi connectivity index (χ1) is 9.33. The van der Waals surface area contributed by atoms with Gasteiger partial charge in [-0.1, -0.05) is 32.8 Å². The van der Waals surface area contributed by atoms with Crippen molar-refractivity contribution in [1.29, 1.82) is 0 Å². The van der Waals surface area contributed by atoms with Crippen molar-refractivity contribution in [1.82, 2.24) is 4.72 Å². The molecule has 0 radical (unpaired) electrons. The van der Waals surface area contributed by atoms with Crippen LogP contribution in [-0.2, 0) is 10.0 Å². The Labute approximate surface area is 118 Å². The molecule has 1 fully saturated rings. The lowest BCUT2D eigenvalue weighted by Crippen LogP contribution is -2.44. The van der Waals surface area contributed by atoms with Gasteiger partial charge in [0, 0.05) is 6.04 Å². The van der Waals surface area contributed by atoms with E-state index in [0.29, 0.717) is 12.3 Å². The number of nitrogens with one attached hydrogen (secondary N) is 1. The maximum Gasteiger partial charge on any atom is 0.246 e. The van der Waals surface area contributed by atoms with Crippen molar-refractivity contribution in [3.05, 3.63) is 29.8 Å². The van der Waals surface area contributed by atoms with E-state index in [1.165, 1.54) is 0 Å². The molecular weight excluding hydrogens is 284 g/mol. The normalized spacial score (nSPS) is 27.5. The molecule has 1 aromatic carbocycles.